The molecule has 3 aromatic rings. The molecule has 2 aliphatic carbocycles. The number of anilines is 1. The van der Waals surface area contributed by atoms with Gasteiger partial charge in [0.05, 0.1) is 40.8 Å². The van der Waals surface area contributed by atoms with E-state index in [1.807, 2.05) is 24.4 Å². The molecule has 5 rings (SSSR count). The number of allylic oxidation sites excluding steroid dienone is 4. The van der Waals surface area contributed by atoms with Crippen LogP contribution in [-0.4, -0.2) is 37.8 Å². The Morgan fingerprint density at radius 3 is 2.59 bits per heavy atom. The first-order valence-corrected chi connectivity index (χ1v) is 12.2. The van der Waals surface area contributed by atoms with Crippen LogP contribution in [-0.2, 0) is 9.53 Å². The van der Waals surface area contributed by atoms with Gasteiger partial charge in [0.1, 0.15) is 5.82 Å². The van der Waals surface area contributed by atoms with Crippen LogP contribution >= 0.6 is 15.9 Å². The third kappa shape index (κ3) is 4.09. The van der Waals surface area contributed by atoms with Crippen LogP contribution < -0.4 is 5.73 Å². The summed E-state index contributed by atoms with van der Waals surface area (Å²) in [5, 5.41) is 13.8. The van der Waals surface area contributed by atoms with Gasteiger partial charge in [0.2, 0.25) is 0 Å². The van der Waals surface area contributed by atoms with Gasteiger partial charge in [0.25, 0.3) is 0 Å². The minimum atomic E-state index is -0.714. The van der Waals surface area contributed by atoms with Crippen LogP contribution in [0.4, 0.5) is 5.82 Å². The summed E-state index contributed by atoms with van der Waals surface area (Å²) in [6.45, 7) is 0. The van der Waals surface area contributed by atoms with Crippen molar-refractivity contribution in [3.8, 4) is 11.1 Å². The molecule has 3 aromatic heterocycles. The highest BCUT2D eigenvalue weighted by Gasteiger charge is 2.30. The molecule has 3 N–H and O–H groups in total. The fourth-order valence-electron chi connectivity index (χ4n) is 4.85. The zero-order valence-corrected chi connectivity index (χ0v) is 20.5. The molecule has 0 bridgehead atoms. The molecule has 34 heavy (non-hydrogen) atoms. The molecular formula is C25H26BrN5O3. The third-order valence-corrected chi connectivity index (χ3v) is 7.70. The number of aliphatic carboxylic acids is 1. The Balaban J connectivity index is 1.46. The van der Waals surface area contributed by atoms with Gasteiger partial charge in [-0.2, -0.15) is 9.61 Å². The number of aromatic nitrogens is 4. The number of carboxylic acids is 1. The summed E-state index contributed by atoms with van der Waals surface area (Å²) in [6, 6.07) is 4.06. The highest BCUT2D eigenvalue weighted by molar-refractivity contribution is 9.10. The molecule has 176 valence electrons. The van der Waals surface area contributed by atoms with Gasteiger partial charge < -0.3 is 15.6 Å². The Morgan fingerprint density at radius 2 is 1.97 bits per heavy atom. The topological polar surface area (TPSA) is 116 Å². The summed E-state index contributed by atoms with van der Waals surface area (Å²) in [4.78, 5) is 21.0. The van der Waals surface area contributed by atoms with Gasteiger partial charge in [0, 0.05) is 29.7 Å². The van der Waals surface area contributed by atoms with Crippen LogP contribution in [0.1, 0.15) is 55.8 Å². The second kappa shape index (κ2) is 9.21. The standard InChI is InChI=1S/C25H26BrN5O3/c1-34-18-9-6-14(7-10-18)20-11-8-17(12-28-20)19-13-29-31-23(27)21(26)22(30-24(19)31)15-2-4-16(5-3-15)25(32)33/h6,8-9,11-13,15-16H,2-5,7,10,27H2,1H3,(H,32,33)/t15-,16-. The van der Waals surface area contributed by atoms with Crippen LogP contribution in [0.2, 0.25) is 0 Å². The predicted octanol–water partition coefficient (Wildman–Crippen LogP) is 5.20. The lowest BCUT2D eigenvalue weighted by Gasteiger charge is -2.26. The Bertz CT molecular complexity index is 1300. The van der Waals surface area contributed by atoms with Gasteiger partial charge in [-0.25, -0.2) is 4.98 Å². The van der Waals surface area contributed by atoms with Crippen LogP contribution in [0.3, 0.4) is 0 Å². The summed E-state index contributed by atoms with van der Waals surface area (Å²) < 4.78 is 7.68. The Kier molecular flexibility index (Phi) is 6.12. The second-order valence-corrected chi connectivity index (χ2v) is 9.63. The number of hydrogen-bond acceptors (Lipinski definition) is 6. The lowest BCUT2D eigenvalue weighted by molar-refractivity contribution is -0.142. The van der Waals surface area contributed by atoms with E-state index < -0.39 is 5.97 Å². The molecule has 1 saturated carbocycles. The average Bonchev–Trinajstić information content (AvgIpc) is 3.30. The summed E-state index contributed by atoms with van der Waals surface area (Å²) in [5.41, 5.74) is 11.9. The smallest absolute Gasteiger partial charge is 0.306 e. The van der Waals surface area contributed by atoms with Crippen molar-refractivity contribution in [1.29, 1.82) is 0 Å². The van der Waals surface area contributed by atoms with Crippen molar-refractivity contribution in [2.24, 2.45) is 5.92 Å². The molecule has 0 unspecified atom stereocenters. The van der Waals surface area contributed by atoms with E-state index in [0.29, 0.717) is 24.3 Å². The van der Waals surface area contributed by atoms with Crippen LogP contribution in [0.5, 0.6) is 0 Å². The van der Waals surface area contributed by atoms with Crippen LogP contribution in [0.15, 0.2) is 46.9 Å². The predicted molar refractivity (Wildman–Crippen MR) is 133 cm³/mol. The SMILES string of the molecule is COC1=CC=C(c2ccc(-c3cnn4c(N)c(Br)c([C@H]5CC[C@H](C(=O)O)CC5)nc34)cn2)CC1. The molecule has 0 radical (unpaired) electrons. The molecule has 9 heteroatoms. The van der Waals surface area contributed by atoms with E-state index in [1.165, 1.54) is 5.57 Å². The van der Waals surface area contributed by atoms with Crippen molar-refractivity contribution >= 4 is 38.9 Å². The number of nitrogens with zero attached hydrogens (tertiary/aromatic N) is 4. The minimum absolute atomic E-state index is 0.156. The first kappa shape index (κ1) is 22.6. The number of nitrogens with two attached hydrogens (primary N) is 1. The number of fused-ring (bicyclic) bond motifs is 1. The number of halogens is 1. The maximum absolute atomic E-state index is 11.3. The summed E-state index contributed by atoms with van der Waals surface area (Å²) in [6.07, 6.45) is 12.3. The normalized spacial score (nSPS) is 20.6. The Labute approximate surface area is 205 Å². The molecule has 0 saturated heterocycles. The zero-order chi connectivity index (χ0) is 23.8. The molecule has 3 heterocycles. The number of methoxy groups -OCH3 is 1. The first-order chi connectivity index (χ1) is 16.5. The summed E-state index contributed by atoms with van der Waals surface area (Å²) in [7, 11) is 1.69. The molecular weight excluding hydrogens is 498 g/mol. The van der Waals surface area contributed by atoms with Gasteiger partial charge in [-0.15, -0.1) is 0 Å². The molecule has 0 atom stereocenters. The largest absolute Gasteiger partial charge is 0.501 e. The maximum Gasteiger partial charge on any atom is 0.306 e. The van der Waals surface area contributed by atoms with Gasteiger partial charge in [-0.3, -0.25) is 9.78 Å². The van der Waals surface area contributed by atoms with Gasteiger partial charge in [0.15, 0.2) is 5.65 Å². The molecule has 2 aliphatic rings. The molecule has 1 fully saturated rings. The number of carboxylic acid groups (broad SMARTS) is 1. The van der Waals surface area contributed by atoms with Crippen LogP contribution in [0, 0.1) is 5.92 Å². The van der Waals surface area contributed by atoms with Crippen LogP contribution in [0.25, 0.3) is 22.3 Å². The highest BCUT2D eigenvalue weighted by Crippen LogP contribution is 2.40. The van der Waals surface area contributed by atoms with Crippen molar-refractivity contribution in [2.45, 2.75) is 44.4 Å². The minimum Gasteiger partial charge on any atom is -0.501 e. The van der Waals surface area contributed by atoms with E-state index in [1.54, 1.807) is 17.8 Å². The average molecular weight is 524 g/mol. The lowest BCUT2D eigenvalue weighted by Crippen LogP contribution is -2.21. The first-order valence-electron chi connectivity index (χ1n) is 11.4. The third-order valence-electron chi connectivity index (χ3n) is 6.89. The van der Waals surface area contributed by atoms with Crippen molar-refractivity contribution < 1.29 is 14.6 Å². The van der Waals surface area contributed by atoms with Crippen molar-refractivity contribution in [2.75, 3.05) is 12.8 Å². The number of hydrogen-bond donors (Lipinski definition) is 2. The summed E-state index contributed by atoms with van der Waals surface area (Å²) in [5.74, 6) is 0.637. The molecule has 0 aromatic carbocycles. The lowest BCUT2D eigenvalue weighted by atomic mass is 9.80. The monoisotopic (exact) mass is 523 g/mol. The van der Waals surface area contributed by atoms with E-state index in [-0.39, 0.29) is 11.8 Å². The number of ether oxygens (including phenoxy) is 1. The van der Waals surface area contributed by atoms with Gasteiger partial charge in [-0.05, 0) is 65.7 Å². The summed E-state index contributed by atoms with van der Waals surface area (Å²) >= 11 is 3.61. The molecule has 8 nitrogen and oxygen atoms in total. The van der Waals surface area contributed by atoms with E-state index >= 15 is 0 Å². The van der Waals surface area contributed by atoms with E-state index in [0.717, 1.165) is 58.4 Å². The van der Waals surface area contributed by atoms with Gasteiger partial charge in [-0.1, -0.05) is 12.1 Å². The fraction of sp³-hybridized carbons (Fsp3) is 0.360. The van der Waals surface area contributed by atoms with E-state index in [2.05, 4.69) is 27.1 Å². The van der Waals surface area contributed by atoms with E-state index in [9.17, 15) is 9.90 Å². The Morgan fingerprint density at radius 1 is 1.18 bits per heavy atom. The van der Waals surface area contributed by atoms with E-state index in [4.69, 9.17) is 20.4 Å². The number of rotatable bonds is 5. The number of carbonyl (C=O) groups is 1. The Hall–Kier alpha value is -3.20. The van der Waals surface area contributed by atoms with Gasteiger partial charge >= 0.3 is 5.97 Å². The second-order valence-electron chi connectivity index (χ2n) is 8.84. The zero-order valence-electron chi connectivity index (χ0n) is 18.9. The highest BCUT2D eigenvalue weighted by atomic mass is 79.9. The number of pyridine rings is 1. The molecule has 0 amide bonds. The maximum atomic E-state index is 11.3. The van der Waals surface area contributed by atoms with Crippen molar-refractivity contribution in [3.05, 3.63) is 58.3 Å². The van der Waals surface area contributed by atoms with Crippen molar-refractivity contribution in [1.82, 2.24) is 19.6 Å². The quantitative estimate of drug-likeness (QED) is 0.471. The fourth-order valence-corrected chi connectivity index (χ4v) is 5.43. The van der Waals surface area contributed by atoms with Crippen molar-refractivity contribution in [3.63, 3.8) is 0 Å². The number of nitrogen functional groups attached to an aromatic ring is 1. The molecule has 0 aliphatic heterocycles. The molecule has 0 spiro atoms.